The Hall–Kier alpha value is -1.81. The van der Waals surface area contributed by atoms with Crippen molar-refractivity contribution in [2.45, 2.75) is 26.9 Å². The first-order valence-electron chi connectivity index (χ1n) is 6.13. The predicted octanol–water partition coefficient (Wildman–Crippen LogP) is 2.67. The number of aromatic nitrogens is 1. The fraction of sp³-hybridized carbons (Fsp3) is 0.357. The zero-order valence-corrected chi connectivity index (χ0v) is 10.8. The van der Waals surface area contributed by atoms with E-state index in [0.29, 0.717) is 13.2 Å². The lowest BCUT2D eigenvalue weighted by molar-refractivity contribution is 0.334. The molecule has 0 aliphatic rings. The lowest BCUT2D eigenvalue weighted by Gasteiger charge is -2.10. The molecule has 1 aromatic carbocycles. The lowest BCUT2D eigenvalue weighted by Crippen LogP contribution is -2.13. The molecule has 2 rings (SSSR count). The first-order chi connectivity index (χ1) is 8.79. The quantitative estimate of drug-likeness (QED) is 0.851. The summed E-state index contributed by atoms with van der Waals surface area (Å²) in [6, 6.07) is 9.97. The number of nitrogens with zero attached hydrogens (tertiary/aromatic N) is 1. The van der Waals surface area contributed by atoms with Crippen LogP contribution in [-0.2, 0) is 13.1 Å². The van der Waals surface area contributed by atoms with E-state index in [0.717, 1.165) is 29.3 Å². The number of para-hydroxylation sites is 1. The number of benzene rings is 1. The van der Waals surface area contributed by atoms with Crippen LogP contribution in [0.2, 0.25) is 0 Å². The Morgan fingerprint density at radius 2 is 2.11 bits per heavy atom. The number of nitrogens with one attached hydrogen (secondary N) is 1. The van der Waals surface area contributed by atoms with E-state index in [2.05, 4.69) is 16.5 Å². The highest BCUT2D eigenvalue weighted by atomic mass is 16.5. The fourth-order valence-electron chi connectivity index (χ4n) is 1.77. The lowest BCUT2D eigenvalue weighted by atomic mass is 10.2. The van der Waals surface area contributed by atoms with E-state index < -0.39 is 0 Å². The van der Waals surface area contributed by atoms with Gasteiger partial charge in [0.2, 0.25) is 0 Å². The Bertz CT molecular complexity index is 494. The average molecular weight is 246 g/mol. The number of ether oxygens (including phenoxy) is 1. The van der Waals surface area contributed by atoms with Crippen molar-refractivity contribution in [2.24, 2.45) is 0 Å². The highest BCUT2D eigenvalue weighted by molar-refractivity contribution is 5.33. The predicted molar refractivity (Wildman–Crippen MR) is 69.4 cm³/mol. The third-order valence-corrected chi connectivity index (χ3v) is 2.56. The van der Waals surface area contributed by atoms with Crippen molar-refractivity contribution >= 4 is 0 Å². The monoisotopic (exact) mass is 246 g/mol. The minimum absolute atomic E-state index is 0.668. The largest absolute Gasteiger partial charge is 0.494 e. The molecular weight excluding hydrogens is 228 g/mol. The molecule has 2 aromatic rings. The molecule has 0 fully saturated rings. The molecular formula is C14H18N2O2. The zero-order chi connectivity index (χ0) is 12.8. The molecule has 0 atom stereocenters. The standard InChI is InChI=1S/C14H18N2O2/c1-3-17-14-7-5-4-6-12(14)9-15-10-13-8-11(2)16-18-13/h4-8,15H,3,9-10H2,1-2H3. The van der Waals surface area contributed by atoms with Gasteiger partial charge in [-0.25, -0.2) is 0 Å². The second-order valence-corrected chi connectivity index (χ2v) is 4.08. The molecule has 1 heterocycles. The summed E-state index contributed by atoms with van der Waals surface area (Å²) in [6.07, 6.45) is 0. The third-order valence-electron chi connectivity index (χ3n) is 2.56. The average Bonchev–Trinajstić information content (AvgIpc) is 2.78. The van der Waals surface area contributed by atoms with Crippen molar-refractivity contribution in [3.05, 3.63) is 47.3 Å². The summed E-state index contributed by atoms with van der Waals surface area (Å²) in [5.41, 5.74) is 2.05. The van der Waals surface area contributed by atoms with Crippen LogP contribution in [0.5, 0.6) is 5.75 Å². The molecule has 4 heteroatoms. The van der Waals surface area contributed by atoms with Gasteiger partial charge in [0.25, 0.3) is 0 Å². The van der Waals surface area contributed by atoms with Crippen LogP contribution in [0.3, 0.4) is 0 Å². The Morgan fingerprint density at radius 1 is 1.28 bits per heavy atom. The minimum Gasteiger partial charge on any atom is -0.494 e. The van der Waals surface area contributed by atoms with E-state index in [9.17, 15) is 0 Å². The van der Waals surface area contributed by atoms with Crippen molar-refractivity contribution in [3.8, 4) is 5.75 Å². The summed E-state index contributed by atoms with van der Waals surface area (Å²) in [5, 5.41) is 7.17. The molecule has 0 amide bonds. The van der Waals surface area contributed by atoms with Crippen LogP contribution in [0.15, 0.2) is 34.9 Å². The highest BCUT2D eigenvalue weighted by Crippen LogP contribution is 2.17. The summed E-state index contributed by atoms with van der Waals surface area (Å²) in [5.74, 6) is 1.78. The van der Waals surface area contributed by atoms with Crippen LogP contribution in [0, 0.1) is 6.92 Å². The van der Waals surface area contributed by atoms with Gasteiger partial charge in [0.1, 0.15) is 5.75 Å². The van der Waals surface area contributed by atoms with E-state index in [1.54, 1.807) is 0 Å². The van der Waals surface area contributed by atoms with Gasteiger partial charge in [0.15, 0.2) is 5.76 Å². The Kier molecular flexibility index (Phi) is 4.36. The second-order valence-electron chi connectivity index (χ2n) is 4.08. The van der Waals surface area contributed by atoms with Gasteiger partial charge in [0.05, 0.1) is 18.8 Å². The summed E-state index contributed by atoms with van der Waals surface area (Å²) in [6.45, 7) is 5.99. The van der Waals surface area contributed by atoms with Gasteiger partial charge in [-0.1, -0.05) is 23.4 Å². The van der Waals surface area contributed by atoms with Gasteiger partial charge >= 0.3 is 0 Å². The van der Waals surface area contributed by atoms with E-state index in [-0.39, 0.29) is 0 Å². The summed E-state index contributed by atoms with van der Waals surface area (Å²) in [7, 11) is 0. The van der Waals surface area contributed by atoms with Gasteiger partial charge < -0.3 is 14.6 Å². The summed E-state index contributed by atoms with van der Waals surface area (Å²) >= 11 is 0. The maximum atomic E-state index is 5.57. The number of hydrogen-bond donors (Lipinski definition) is 1. The molecule has 4 nitrogen and oxygen atoms in total. The molecule has 0 radical (unpaired) electrons. The third kappa shape index (κ3) is 3.34. The van der Waals surface area contributed by atoms with E-state index >= 15 is 0 Å². The molecule has 1 aromatic heterocycles. The molecule has 0 saturated carbocycles. The van der Waals surface area contributed by atoms with Crippen LogP contribution < -0.4 is 10.1 Å². The second kappa shape index (κ2) is 6.21. The van der Waals surface area contributed by atoms with Crippen LogP contribution in [0.4, 0.5) is 0 Å². The number of rotatable bonds is 6. The van der Waals surface area contributed by atoms with Gasteiger partial charge in [-0.3, -0.25) is 0 Å². The summed E-state index contributed by atoms with van der Waals surface area (Å²) < 4.78 is 10.7. The smallest absolute Gasteiger partial charge is 0.150 e. The minimum atomic E-state index is 0.668. The first-order valence-corrected chi connectivity index (χ1v) is 6.13. The van der Waals surface area contributed by atoms with Crippen LogP contribution >= 0.6 is 0 Å². The van der Waals surface area contributed by atoms with Crippen LogP contribution in [0.1, 0.15) is 23.9 Å². The van der Waals surface area contributed by atoms with Crippen molar-refractivity contribution in [1.82, 2.24) is 10.5 Å². The van der Waals surface area contributed by atoms with E-state index in [1.165, 1.54) is 0 Å². The molecule has 0 saturated heterocycles. The van der Waals surface area contributed by atoms with Gasteiger partial charge in [0, 0.05) is 18.2 Å². The molecule has 18 heavy (non-hydrogen) atoms. The molecule has 0 bridgehead atoms. The van der Waals surface area contributed by atoms with Crippen LogP contribution in [0.25, 0.3) is 0 Å². The highest BCUT2D eigenvalue weighted by Gasteiger charge is 2.03. The molecule has 0 unspecified atom stereocenters. The molecule has 96 valence electrons. The normalized spacial score (nSPS) is 10.6. The van der Waals surface area contributed by atoms with Crippen molar-refractivity contribution in [3.63, 3.8) is 0 Å². The van der Waals surface area contributed by atoms with Crippen molar-refractivity contribution in [1.29, 1.82) is 0 Å². The Balaban J connectivity index is 1.89. The SMILES string of the molecule is CCOc1ccccc1CNCc1cc(C)no1. The van der Waals surface area contributed by atoms with Gasteiger partial charge in [-0.05, 0) is 19.9 Å². The van der Waals surface area contributed by atoms with E-state index in [1.807, 2.05) is 38.1 Å². The Morgan fingerprint density at radius 3 is 2.83 bits per heavy atom. The fourth-order valence-corrected chi connectivity index (χ4v) is 1.77. The van der Waals surface area contributed by atoms with Crippen LogP contribution in [-0.4, -0.2) is 11.8 Å². The molecule has 0 spiro atoms. The number of hydrogen-bond acceptors (Lipinski definition) is 4. The topological polar surface area (TPSA) is 47.3 Å². The maximum absolute atomic E-state index is 5.57. The van der Waals surface area contributed by atoms with Gasteiger partial charge in [-0.15, -0.1) is 0 Å². The molecule has 1 N–H and O–H groups in total. The first kappa shape index (κ1) is 12.6. The van der Waals surface area contributed by atoms with Crippen molar-refractivity contribution in [2.75, 3.05) is 6.61 Å². The zero-order valence-electron chi connectivity index (χ0n) is 10.8. The molecule has 0 aliphatic heterocycles. The summed E-state index contributed by atoms with van der Waals surface area (Å²) in [4.78, 5) is 0. The Labute approximate surface area is 107 Å². The van der Waals surface area contributed by atoms with E-state index in [4.69, 9.17) is 9.26 Å². The van der Waals surface area contributed by atoms with Crippen molar-refractivity contribution < 1.29 is 9.26 Å². The number of aryl methyl sites for hydroxylation is 1. The molecule has 0 aliphatic carbocycles. The van der Waals surface area contributed by atoms with Gasteiger partial charge in [-0.2, -0.15) is 0 Å². The maximum Gasteiger partial charge on any atom is 0.150 e.